The smallest absolute Gasteiger partial charge is 0.254 e. The minimum Gasteiger partial charge on any atom is -0.370 e. The summed E-state index contributed by atoms with van der Waals surface area (Å²) < 4.78 is 5.58. The number of H-pyrrole nitrogens is 1. The molecule has 0 saturated heterocycles. The molecular weight excluding hydrogens is 216 g/mol. The number of hydrogen-bond donors (Lipinski definition) is 1. The van der Waals surface area contributed by atoms with Crippen LogP contribution in [0.4, 0.5) is 0 Å². The van der Waals surface area contributed by atoms with E-state index in [0.29, 0.717) is 11.4 Å². The Hall–Kier alpha value is -1.16. The number of hydrogen-bond acceptors (Lipinski definition) is 3. The molecule has 0 aliphatic carbocycles. The molecule has 0 amide bonds. The largest absolute Gasteiger partial charge is 0.370 e. The van der Waals surface area contributed by atoms with Crippen LogP contribution in [-0.4, -0.2) is 17.1 Å². The van der Waals surface area contributed by atoms with Crippen molar-refractivity contribution in [1.82, 2.24) is 9.97 Å². The quantitative estimate of drug-likeness (QED) is 0.856. The third kappa shape index (κ3) is 2.41. The van der Waals surface area contributed by atoms with Crippen LogP contribution in [0.1, 0.15) is 50.7 Å². The highest BCUT2D eigenvalue weighted by molar-refractivity contribution is 5.18. The van der Waals surface area contributed by atoms with Gasteiger partial charge in [-0.1, -0.05) is 20.8 Å². The van der Waals surface area contributed by atoms with Crippen LogP contribution in [0.2, 0.25) is 0 Å². The number of nitrogens with zero attached hydrogens (tertiary/aromatic N) is 1. The van der Waals surface area contributed by atoms with Gasteiger partial charge in [-0.25, -0.2) is 4.98 Å². The highest BCUT2D eigenvalue weighted by atomic mass is 16.5. The van der Waals surface area contributed by atoms with E-state index in [-0.39, 0.29) is 5.56 Å². The number of aromatic nitrogens is 2. The third-order valence-electron chi connectivity index (χ3n) is 3.55. The van der Waals surface area contributed by atoms with Crippen LogP contribution >= 0.6 is 0 Å². The first kappa shape index (κ1) is 13.9. The molecule has 1 N–H and O–H groups in total. The Bertz CT molecular complexity index is 425. The number of methoxy groups -OCH3 is 1. The highest BCUT2D eigenvalue weighted by Crippen LogP contribution is 2.29. The standard InChI is InChI=1S/C13H22N2O2/c1-6-10-9(4)11(16)15-12(14-10)13(7-2,8-3)17-5/h6-8H2,1-5H3,(H,14,15,16). The Kier molecular flexibility index (Phi) is 4.46. The second-order valence-electron chi connectivity index (χ2n) is 4.25. The molecule has 0 fully saturated rings. The number of ether oxygens (including phenoxy) is 1. The average Bonchev–Trinajstić information content (AvgIpc) is 2.36. The molecule has 1 rings (SSSR count). The predicted molar refractivity (Wildman–Crippen MR) is 68.2 cm³/mol. The van der Waals surface area contributed by atoms with E-state index in [4.69, 9.17) is 4.74 Å². The minimum atomic E-state index is -0.475. The summed E-state index contributed by atoms with van der Waals surface area (Å²) in [6, 6.07) is 0. The van der Waals surface area contributed by atoms with Crippen LogP contribution in [0.5, 0.6) is 0 Å². The summed E-state index contributed by atoms with van der Waals surface area (Å²) in [5.41, 5.74) is 1.02. The summed E-state index contributed by atoms with van der Waals surface area (Å²) in [6.45, 7) is 7.89. The molecule has 1 aromatic rings. The fraction of sp³-hybridized carbons (Fsp3) is 0.692. The highest BCUT2D eigenvalue weighted by Gasteiger charge is 2.31. The minimum absolute atomic E-state index is 0.0600. The van der Waals surface area contributed by atoms with E-state index in [1.807, 2.05) is 20.8 Å². The monoisotopic (exact) mass is 238 g/mol. The maximum atomic E-state index is 11.9. The van der Waals surface area contributed by atoms with E-state index >= 15 is 0 Å². The molecule has 4 nitrogen and oxygen atoms in total. The van der Waals surface area contributed by atoms with E-state index in [0.717, 1.165) is 25.0 Å². The van der Waals surface area contributed by atoms with Gasteiger partial charge in [-0.15, -0.1) is 0 Å². The van der Waals surface area contributed by atoms with Gasteiger partial charge in [-0.2, -0.15) is 0 Å². The van der Waals surface area contributed by atoms with Gasteiger partial charge in [-0.3, -0.25) is 4.79 Å². The zero-order valence-corrected chi connectivity index (χ0v) is 11.4. The van der Waals surface area contributed by atoms with Crippen LogP contribution in [0.25, 0.3) is 0 Å². The van der Waals surface area contributed by atoms with E-state index in [1.165, 1.54) is 0 Å². The summed E-state index contributed by atoms with van der Waals surface area (Å²) in [4.78, 5) is 19.3. The van der Waals surface area contributed by atoms with Crippen LogP contribution in [0.3, 0.4) is 0 Å². The topological polar surface area (TPSA) is 55.0 Å². The summed E-state index contributed by atoms with van der Waals surface area (Å²) >= 11 is 0. The van der Waals surface area contributed by atoms with Crippen molar-refractivity contribution < 1.29 is 4.74 Å². The van der Waals surface area contributed by atoms with Crippen LogP contribution in [0.15, 0.2) is 4.79 Å². The summed E-state index contributed by atoms with van der Waals surface area (Å²) in [5.74, 6) is 0.650. The lowest BCUT2D eigenvalue weighted by molar-refractivity contribution is -0.0295. The molecule has 17 heavy (non-hydrogen) atoms. The van der Waals surface area contributed by atoms with Crippen molar-refractivity contribution in [3.8, 4) is 0 Å². The normalized spacial score (nSPS) is 11.8. The number of aromatic amines is 1. The first-order chi connectivity index (χ1) is 8.04. The SMILES string of the molecule is CCc1nc(C(CC)(CC)OC)[nH]c(=O)c1C. The molecule has 0 aromatic carbocycles. The van der Waals surface area contributed by atoms with Crippen molar-refractivity contribution in [2.24, 2.45) is 0 Å². The van der Waals surface area contributed by atoms with Gasteiger partial charge in [0.1, 0.15) is 11.4 Å². The van der Waals surface area contributed by atoms with E-state index in [9.17, 15) is 4.79 Å². The molecular formula is C13H22N2O2. The molecule has 1 aromatic heterocycles. The Balaban J connectivity index is 3.40. The predicted octanol–water partition coefficient (Wildman–Crippen LogP) is 2.30. The lowest BCUT2D eigenvalue weighted by Gasteiger charge is -2.29. The van der Waals surface area contributed by atoms with Crippen LogP contribution < -0.4 is 5.56 Å². The number of rotatable bonds is 5. The molecule has 96 valence electrons. The first-order valence-corrected chi connectivity index (χ1v) is 6.20. The molecule has 0 aliphatic rings. The Morgan fingerprint density at radius 1 is 1.29 bits per heavy atom. The lowest BCUT2D eigenvalue weighted by Crippen LogP contribution is -2.33. The molecule has 0 bridgehead atoms. The average molecular weight is 238 g/mol. The molecule has 0 unspecified atom stereocenters. The molecule has 0 spiro atoms. The fourth-order valence-corrected chi connectivity index (χ4v) is 2.11. The Morgan fingerprint density at radius 3 is 2.29 bits per heavy atom. The van der Waals surface area contributed by atoms with Gasteiger partial charge < -0.3 is 9.72 Å². The molecule has 1 heterocycles. The van der Waals surface area contributed by atoms with E-state index in [2.05, 4.69) is 9.97 Å². The van der Waals surface area contributed by atoms with Crippen molar-refractivity contribution in [3.63, 3.8) is 0 Å². The zero-order valence-electron chi connectivity index (χ0n) is 11.4. The zero-order chi connectivity index (χ0) is 13.1. The van der Waals surface area contributed by atoms with Crippen molar-refractivity contribution in [2.75, 3.05) is 7.11 Å². The van der Waals surface area contributed by atoms with Crippen molar-refractivity contribution >= 4 is 0 Å². The van der Waals surface area contributed by atoms with Crippen molar-refractivity contribution in [2.45, 2.75) is 52.6 Å². The fourth-order valence-electron chi connectivity index (χ4n) is 2.11. The van der Waals surface area contributed by atoms with E-state index < -0.39 is 5.60 Å². The van der Waals surface area contributed by atoms with Gasteiger partial charge in [0.05, 0.1) is 5.69 Å². The lowest BCUT2D eigenvalue weighted by atomic mass is 9.95. The molecule has 0 atom stereocenters. The van der Waals surface area contributed by atoms with Gasteiger partial charge in [0.15, 0.2) is 0 Å². The molecule has 0 aliphatic heterocycles. The molecule has 4 heteroatoms. The van der Waals surface area contributed by atoms with Gasteiger partial charge >= 0.3 is 0 Å². The summed E-state index contributed by atoms with van der Waals surface area (Å²) in [7, 11) is 1.67. The van der Waals surface area contributed by atoms with Crippen LogP contribution in [0, 0.1) is 6.92 Å². The van der Waals surface area contributed by atoms with Gasteiger partial charge in [0.2, 0.25) is 0 Å². The second-order valence-corrected chi connectivity index (χ2v) is 4.25. The first-order valence-electron chi connectivity index (χ1n) is 6.20. The van der Waals surface area contributed by atoms with Gasteiger partial charge in [0.25, 0.3) is 5.56 Å². The van der Waals surface area contributed by atoms with Crippen molar-refractivity contribution in [3.05, 3.63) is 27.4 Å². The summed E-state index contributed by atoms with van der Waals surface area (Å²) in [6.07, 6.45) is 2.33. The molecule has 0 saturated carbocycles. The van der Waals surface area contributed by atoms with Gasteiger partial charge in [-0.05, 0) is 26.2 Å². The number of aryl methyl sites for hydroxylation is 1. The second kappa shape index (κ2) is 5.45. The Morgan fingerprint density at radius 2 is 1.88 bits per heavy atom. The van der Waals surface area contributed by atoms with Crippen molar-refractivity contribution in [1.29, 1.82) is 0 Å². The van der Waals surface area contributed by atoms with E-state index in [1.54, 1.807) is 14.0 Å². The third-order valence-corrected chi connectivity index (χ3v) is 3.55. The van der Waals surface area contributed by atoms with Crippen LogP contribution in [-0.2, 0) is 16.8 Å². The molecule has 0 radical (unpaired) electrons. The Labute approximate surface area is 102 Å². The van der Waals surface area contributed by atoms with Gasteiger partial charge in [0, 0.05) is 12.7 Å². The maximum Gasteiger partial charge on any atom is 0.254 e. The number of nitrogens with one attached hydrogen (secondary N) is 1. The maximum absolute atomic E-state index is 11.9. The summed E-state index contributed by atoms with van der Waals surface area (Å²) in [5, 5.41) is 0.